The van der Waals surface area contributed by atoms with E-state index in [0.717, 1.165) is 23.6 Å². The van der Waals surface area contributed by atoms with Crippen LogP contribution in [0.5, 0.6) is 5.75 Å². The molecular weight excluding hydrogens is 272 g/mol. The second-order valence-corrected chi connectivity index (χ2v) is 6.26. The Labute approximate surface area is 122 Å². The van der Waals surface area contributed by atoms with E-state index in [1.165, 1.54) is 11.1 Å². The zero-order chi connectivity index (χ0) is 14.3. The molecule has 2 atom stereocenters. The number of nitrogens with two attached hydrogens (primary N) is 1. The van der Waals surface area contributed by atoms with E-state index in [1.54, 1.807) is 18.9 Å². The van der Waals surface area contributed by atoms with Crippen LogP contribution in [0, 0.1) is 13.8 Å². The molecule has 1 aromatic heterocycles. The number of methoxy groups -OCH3 is 1. The maximum Gasteiger partial charge on any atom is 0.256 e. The predicted molar refractivity (Wildman–Crippen MR) is 79.2 cm³/mol. The summed E-state index contributed by atoms with van der Waals surface area (Å²) in [6.07, 6.45) is 0.936. The van der Waals surface area contributed by atoms with Gasteiger partial charge in [-0.05, 0) is 43.5 Å². The molecule has 2 N–H and O–H groups in total. The van der Waals surface area contributed by atoms with Crippen LogP contribution in [0.15, 0.2) is 27.8 Å². The third-order valence-electron chi connectivity index (χ3n) is 3.79. The zero-order valence-corrected chi connectivity index (χ0v) is 12.7. The van der Waals surface area contributed by atoms with Crippen molar-refractivity contribution in [3.8, 4) is 5.75 Å². The lowest BCUT2D eigenvalue weighted by Crippen LogP contribution is -2.18. The highest BCUT2D eigenvalue weighted by atomic mass is 32.2. The fraction of sp³-hybridized carbons (Fsp3) is 0.400. The summed E-state index contributed by atoms with van der Waals surface area (Å²) < 4.78 is 10.9. The first kappa shape index (κ1) is 13.5. The van der Waals surface area contributed by atoms with E-state index in [9.17, 15) is 0 Å². The van der Waals surface area contributed by atoms with E-state index in [1.807, 2.05) is 26.0 Å². The molecule has 20 heavy (non-hydrogen) atoms. The van der Waals surface area contributed by atoms with Gasteiger partial charge in [0, 0.05) is 11.3 Å². The lowest BCUT2D eigenvalue weighted by atomic mass is 10.1. The Bertz CT molecular complexity index is 619. The Morgan fingerprint density at radius 2 is 2.20 bits per heavy atom. The molecule has 0 bridgehead atoms. The number of nitrogens with zero attached hydrogens (tertiary/aromatic N) is 1. The number of hydrogen-bond acceptors (Lipinski definition) is 5. The average Bonchev–Trinajstić information content (AvgIpc) is 2.91. The Balaban J connectivity index is 1.81. The van der Waals surface area contributed by atoms with Crippen molar-refractivity contribution in [1.82, 2.24) is 4.98 Å². The number of aryl methyl sites for hydroxylation is 2. The van der Waals surface area contributed by atoms with Gasteiger partial charge in [0.1, 0.15) is 11.5 Å². The van der Waals surface area contributed by atoms with Crippen LogP contribution in [0.4, 0.5) is 0 Å². The summed E-state index contributed by atoms with van der Waals surface area (Å²) in [4.78, 5) is 4.42. The van der Waals surface area contributed by atoms with E-state index in [2.05, 4.69) is 11.1 Å². The van der Waals surface area contributed by atoms with Crippen LogP contribution < -0.4 is 10.5 Å². The SMILES string of the molecule is COc1ccc2c(c1)C(N)C(Sc1nc(C)c(C)o1)C2. The maximum absolute atomic E-state index is 6.36. The number of thioether (sulfide) groups is 1. The van der Waals surface area contributed by atoms with E-state index < -0.39 is 0 Å². The van der Waals surface area contributed by atoms with E-state index >= 15 is 0 Å². The van der Waals surface area contributed by atoms with E-state index in [0.29, 0.717) is 5.22 Å². The lowest BCUT2D eigenvalue weighted by molar-refractivity contribution is 0.414. The lowest BCUT2D eigenvalue weighted by Gasteiger charge is -2.13. The summed E-state index contributed by atoms with van der Waals surface area (Å²) in [5.41, 5.74) is 9.76. The molecule has 4 nitrogen and oxygen atoms in total. The molecule has 1 aliphatic carbocycles. The average molecular weight is 290 g/mol. The van der Waals surface area contributed by atoms with Gasteiger partial charge < -0.3 is 14.9 Å². The Morgan fingerprint density at radius 1 is 1.40 bits per heavy atom. The largest absolute Gasteiger partial charge is 0.497 e. The molecule has 0 amide bonds. The number of hydrogen-bond donors (Lipinski definition) is 1. The van der Waals surface area contributed by atoms with Crippen LogP contribution in [-0.2, 0) is 6.42 Å². The highest BCUT2D eigenvalue weighted by Gasteiger charge is 2.32. The topological polar surface area (TPSA) is 61.3 Å². The molecule has 0 spiro atoms. The maximum atomic E-state index is 6.36. The summed E-state index contributed by atoms with van der Waals surface area (Å²) in [6, 6.07) is 6.10. The quantitative estimate of drug-likeness (QED) is 0.941. The normalized spacial score (nSPS) is 21.0. The monoisotopic (exact) mass is 290 g/mol. The number of fused-ring (bicyclic) bond motifs is 1. The minimum Gasteiger partial charge on any atom is -0.497 e. The van der Waals surface area contributed by atoms with Gasteiger partial charge in [0.15, 0.2) is 0 Å². The molecule has 0 saturated heterocycles. The first-order valence-corrected chi connectivity index (χ1v) is 7.49. The Morgan fingerprint density at radius 3 is 2.85 bits per heavy atom. The van der Waals surface area contributed by atoms with Gasteiger partial charge in [0.25, 0.3) is 5.22 Å². The molecule has 0 saturated carbocycles. The van der Waals surface area contributed by atoms with Gasteiger partial charge in [-0.3, -0.25) is 0 Å². The number of ether oxygens (including phenoxy) is 1. The molecule has 0 radical (unpaired) electrons. The molecule has 1 heterocycles. The fourth-order valence-corrected chi connectivity index (χ4v) is 3.66. The van der Waals surface area contributed by atoms with E-state index in [-0.39, 0.29) is 11.3 Å². The second kappa shape index (κ2) is 5.14. The molecule has 1 aliphatic rings. The molecular formula is C15H18N2O2S. The number of aromatic nitrogens is 1. The van der Waals surface area contributed by atoms with Gasteiger partial charge in [-0.1, -0.05) is 17.8 Å². The third-order valence-corrected chi connectivity index (χ3v) is 4.93. The van der Waals surface area contributed by atoms with Crippen molar-refractivity contribution in [1.29, 1.82) is 0 Å². The molecule has 106 valence electrons. The number of rotatable bonds is 3. The van der Waals surface area contributed by atoms with Crippen LogP contribution >= 0.6 is 11.8 Å². The van der Waals surface area contributed by atoms with Crippen molar-refractivity contribution >= 4 is 11.8 Å². The van der Waals surface area contributed by atoms with Crippen LogP contribution in [0.25, 0.3) is 0 Å². The predicted octanol–water partition coefficient (Wildman–Crippen LogP) is 3.02. The van der Waals surface area contributed by atoms with Gasteiger partial charge in [0.2, 0.25) is 0 Å². The van der Waals surface area contributed by atoms with Crippen molar-refractivity contribution in [2.24, 2.45) is 5.73 Å². The molecule has 5 heteroatoms. The number of oxazole rings is 1. The van der Waals surface area contributed by atoms with Crippen LogP contribution in [0.3, 0.4) is 0 Å². The van der Waals surface area contributed by atoms with Crippen LogP contribution in [-0.4, -0.2) is 17.3 Å². The molecule has 0 fully saturated rings. The smallest absolute Gasteiger partial charge is 0.256 e. The van der Waals surface area contributed by atoms with Crippen LogP contribution in [0.1, 0.15) is 28.6 Å². The van der Waals surface area contributed by atoms with Crippen molar-refractivity contribution in [2.75, 3.05) is 7.11 Å². The van der Waals surface area contributed by atoms with Crippen molar-refractivity contribution in [2.45, 2.75) is 36.8 Å². The van der Waals surface area contributed by atoms with Crippen LogP contribution in [0.2, 0.25) is 0 Å². The van der Waals surface area contributed by atoms with Gasteiger partial charge in [-0.2, -0.15) is 0 Å². The Hall–Kier alpha value is -1.46. The van der Waals surface area contributed by atoms with Gasteiger partial charge in [-0.15, -0.1) is 0 Å². The second-order valence-electron chi connectivity index (χ2n) is 5.07. The first-order valence-electron chi connectivity index (χ1n) is 6.61. The van der Waals surface area contributed by atoms with Gasteiger partial charge in [0.05, 0.1) is 12.8 Å². The molecule has 2 unspecified atom stereocenters. The summed E-state index contributed by atoms with van der Waals surface area (Å²) in [5.74, 6) is 1.73. The minimum atomic E-state index is -0.0161. The van der Waals surface area contributed by atoms with Crippen molar-refractivity contribution in [3.63, 3.8) is 0 Å². The number of benzene rings is 1. The highest BCUT2D eigenvalue weighted by molar-refractivity contribution is 7.99. The molecule has 1 aromatic carbocycles. The van der Waals surface area contributed by atoms with E-state index in [4.69, 9.17) is 14.9 Å². The summed E-state index contributed by atoms with van der Waals surface area (Å²) in [6.45, 7) is 3.89. The minimum absolute atomic E-state index is 0.0161. The molecule has 2 aromatic rings. The highest BCUT2D eigenvalue weighted by Crippen LogP contribution is 2.41. The summed E-state index contributed by atoms with van der Waals surface area (Å²) in [7, 11) is 1.67. The van der Waals surface area contributed by atoms with Crippen molar-refractivity contribution < 1.29 is 9.15 Å². The summed E-state index contributed by atoms with van der Waals surface area (Å²) in [5, 5.41) is 0.967. The molecule has 0 aliphatic heterocycles. The van der Waals surface area contributed by atoms with Gasteiger partial charge >= 0.3 is 0 Å². The van der Waals surface area contributed by atoms with Crippen molar-refractivity contribution in [3.05, 3.63) is 40.8 Å². The summed E-state index contributed by atoms with van der Waals surface area (Å²) >= 11 is 1.62. The fourth-order valence-electron chi connectivity index (χ4n) is 2.48. The third kappa shape index (κ3) is 2.31. The first-order chi connectivity index (χ1) is 9.58. The zero-order valence-electron chi connectivity index (χ0n) is 11.8. The standard InChI is InChI=1S/C15H18N2O2S/c1-8-9(2)19-15(17-8)20-13-6-10-4-5-11(18-3)7-12(10)14(13)16/h4-5,7,13-14H,6,16H2,1-3H3. The molecule has 3 rings (SSSR count). The van der Waals surface area contributed by atoms with Gasteiger partial charge in [-0.25, -0.2) is 4.98 Å². The Kier molecular flexibility index (Phi) is 3.48.